The first-order chi connectivity index (χ1) is 8.47. The summed E-state index contributed by atoms with van der Waals surface area (Å²) in [7, 11) is 0. The average Bonchev–Trinajstić information content (AvgIpc) is 2.69. The van der Waals surface area contributed by atoms with Crippen molar-refractivity contribution in [2.24, 2.45) is 0 Å². The Morgan fingerprint density at radius 3 is 2.78 bits per heavy atom. The van der Waals surface area contributed by atoms with Crippen LogP contribution in [0.5, 0.6) is 0 Å². The summed E-state index contributed by atoms with van der Waals surface area (Å²) in [5.74, 6) is -0.859. The Kier molecular flexibility index (Phi) is 3.29. The maximum Gasteiger partial charge on any atom is 0.257 e. The van der Waals surface area contributed by atoms with Gasteiger partial charge in [-0.2, -0.15) is 0 Å². The molecule has 3 N–H and O–H groups in total. The molecule has 0 radical (unpaired) electrons. The van der Waals surface area contributed by atoms with Gasteiger partial charge in [0, 0.05) is 10.9 Å². The number of nitrogens with two attached hydrogens (primary N) is 1. The van der Waals surface area contributed by atoms with Crippen molar-refractivity contribution in [3.63, 3.8) is 0 Å². The van der Waals surface area contributed by atoms with Gasteiger partial charge in [0.1, 0.15) is 5.82 Å². The second-order valence-electron chi connectivity index (χ2n) is 3.94. The second kappa shape index (κ2) is 4.73. The second-order valence-corrected chi connectivity index (χ2v) is 4.79. The van der Waals surface area contributed by atoms with Crippen LogP contribution in [0.15, 0.2) is 17.5 Å². The lowest BCUT2D eigenvalue weighted by molar-refractivity contribution is 0.102. The number of aromatic nitrogens is 1. The first kappa shape index (κ1) is 12.5. The van der Waals surface area contributed by atoms with E-state index in [1.165, 1.54) is 23.5 Å². The Morgan fingerprint density at radius 2 is 2.17 bits per heavy atom. The topological polar surface area (TPSA) is 68.0 Å². The number of rotatable bonds is 2. The number of halogens is 1. The number of hydrogen-bond donors (Lipinski definition) is 2. The van der Waals surface area contributed by atoms with Gasteiger partial charge in [0.15, 0.2) is 5.13 Å². The van der Waals surface area contributed by atoms with E-state index in [1.54, 1.807) is 6.92 Å². The lowest BCUT2D eigenvalue weighted by Gasteiger charge is -2.07. The highest BCUT2D eigenvalue weighted by Crippen LogP contribution is 2.20. The van der Waals surface area contributed by atoms with Crippen molar-refractivity contribution in [3.05, 3.63) is 40.2 Å². The summed E-state index contributed by atoms with van der Waals surface area (Å²) in [6, 6.07) is 2.58. The average molecular weight is 265 g/mol. The molecule has 0 atom stereocenters. The Bertz CT molecular complexity index is 609. The van der Waals surface area contributed by atoms with Crippen LogP contribution in [0, 0.1) is 19.7 Å². The van der Waals surface area contributed by atoms with Crippen LogP contribution in [0.4, 0.5) is 15.2 Å². The van der Waals surface area contributed by atoms with Crippen LogP contribution in [0.25, 0.3) is 0 Å². The van der Waals surface area contributed by atoms with E-state index < -0.39 is 5.82 Å². The summed E-state index contributed by atoms with van der Waals surface area (Å²) in [6.07, 6.45) is 0. The lowest BCUT2D eigenvalue weighted by Crippen LogP contribution is -2.14. The molecule has 4 nitrogen and oxygen atoms in total. The number of carbonyl (C=O) groups is 1. The van der Waals surface area contributed by atoms with Crippen molar-refractivity contribution >= 4 is 28.1 Å². The maximum absolute atomic E-state index is 13.2. The SMILES string of the molecule is Cc1csc(NC(=O)c2cc(N)c(F)cc2C)n1. The highest BCUT2D eigenvalue weighted by Gasteiger charge is 2.13. The molecule has 0 spiro atoms. The molecular formula is C12H12FN3OS. The molecular weight excluding hydrogens is 253 g/mol. The minimum absolute atomic E-state index is 0.0407. The van der Waals surface area contributed by atoms with E-state index in [-0.39, 0.29) is 11.6 Å². The Hall–Kier alpha value is -1.95. The fourth-order valence-corrected chi connectivity index (χ4v) is 2.19. The van der Waals surface area contributed by atoms with Crippen LogP contribution in [0.1, 0.15) is 21.6 Å². The molecule has 0 unspecified atom stereocenters. The van der Waals surface area contributed by atoms with Crippen molar-refractivity contribution in [2.75, 3.05) is 11.1 Å². The number of nitrogens with zero attached hydrogens (tertiary/aromatic N) is 1. The number of benzene rings is 1. The molecule has 1 amide bonds. The molecule has 0 fully saturated rings. The number of hydrogen-bond acceptors (Lipinski definition) is 4. The highest BCUT2D eigenvalue weighted by molar-refractivity contribution is 7.13. The van der Waals surface area contributed by atoms with Gasteiger partial charge in [0.25, 0.3) is 5.91 Å². The first-order valence-corrected chi connectivity index (χ1v) is 6.14. The molecule has 0 aliphatic carbocycles. The van der Waals surface area contributed by atoms with Gasteiger partial charge in [0.2, 0.25) is 0 Å². The smallest absolute Gasteiger partial charge is 0.257 e. The number of nitrogen functional groups attached to an aromatic ring is 1. The zero-order chi connectivity index (χ0) is 13.3. The van der Waals surface area contributed by atoms with Crippen molar-refractivity contribution in [1.82, 2.24) is 4.98 Å². The van der Waals surface area contributed by atoms with Crippen LogP contribution >= 0.6 is 11.3 Å². The molecule has 1 heterocycles. The number of anilines is 2. The molecule has 0 aliphatic rings. The van der Waals surface area contributed by atoms with E-state index in [9.17, 15) is 9.18 Å². The van der Waals surface area contributed by atoms with E-state index in [0.717, 1.165) is 5.69 Å². The van der Waals surface area contributed by atoms with E-state index in [0.29, 0.717) is 16.3 Å². The number of thiazole rings is 1. The van der Waals surface area contributed by atoms with E-state index in [4.69, 9.17) is 5.73 Å². The zero-order valence-electron chi connectivity index (χ0n) is 9.95. The first-order valence-electron chi connectivity index (χ1n) is 5.26. The van der Waals surface area contributed by atoms with Gasteiger partial charge in [-0.25, -0.2) is 9.37 Å². The summed E-state index contributed by atoms with van der Waals surface area (Å²) in [5.41, 5.74) is 7.14. The lowest BCUT2D eigenvalue weighted by atomic mass is 10.1. The third-order valence-electron chi connectivity index (χ3n) is 2.43. The van der Waals surface area contributed by atoms with Gasteiger partial charge in [-0.1, -0.05) is 0 Å². The molecule has 1 aromatic carbocycles. The van der Waals surface area contributed by atoms with Crippen LogP contribution in [-0.4, -0.2) is 10.9 Å². The molecule has 6 heteroatoms. The van der Waals surface area contributed by atoms with Gasteiger partial charge < -0.3 is 5.73 Å². The molecule has 0 saturated carbocycles. The summed E-state index contributed by atoms with van der Waals surface area (Å²) in [5, 5.41) is 5.01. The molecule has 2 rings (SSSR count). The van der Waals surface area contributed by atoms with Gasteiger partial charge in [-0.3, -0.25) is 10.1 Å². The van der Waals surface area contributed by atoms with E-state index in [1.807, 2.05) is 12.3 Å². The monoisotopic (exact) mass is 265 g/mol. The van der Waals surface area contributed by atoms with E-state index >= 15 is 0 Å². The number of carbonyl (C=O) groups excluding carboxylic acids is 1. The molecule has 94 valence electrons. The summed E-state index contributed by atoms with van der Waals surface area (Å²) >= 11 is 1.34. The predicted molar refractivity (Wildman–Crippen MR) is 70.4 cm³/mol. The molecule has 1 aromatic heterocycles. The minimum Gasteiger partial charge on any atom is -0.396 e. The van der Waals surface area contributed by atoms with Gasteiger partial charge in [-0.15, -0.1) is 11.3 Å². The van der Waals surface area contributed by atoms with Crippen molar-refractivity contribution in [1.29, 1.82) is 0 Å². The molecule has 0 aliphatic heterocycles. The summed E-state index contributed by atoms with van der Waals surface area (Å²) in [4.78, 5) is 16.1. The van der Waals surface area contributed by atoms with Gasteiger partial charge in [0.05, 0.1) is 11.4 Å². The van der Waals surface area contributed by atoms with Gasteiger partial charge >= 0.3 is 0 Å². The van der Waals surface area contributed by atoms with Crippen LogP contribution in [0.2, 0.25) is 0 Å². The quantitative estimate of drug-likeness (QED) is 0.820. The Labute approximate surface area is 108 Å². The zero-order valence-corrected chi connectivity index (χ0v) is 10.8. The maximum atomic E-state index is 13.2. The molecule has 0 saturated heterocycles. The Morgan fingerprint density at radius 1 is 1.44 bits per heavy atom. The normalized spacial score (nSPS) is 10.4. The molecule has 2 aromatic rings. The van der Waals surface area contributed by atoms with Crippen molar-refractivity contribution < 1.29 is 9.18 Å². The largest absolute Gasteiger partial charge is 0.396 e. The molecule has 0 bridgehead atoms. The van der Waals surface area contributed by atoms with E-state index in [2.05, 4.69) is 10.3 Å². The van der Waals surface area contributed by atoms with Crippen LogP contribution in [-0.2, 0) is 0 Å². The third-order valence-corrected chi connectivity index (χ3v) is 3.30. The standard InChI is InChI=1S/C12H12FN3OS/c1-6-3-9(13)10(14)4-8(6)11(17)16-12-15-7(2)5-18-12/h3-5H,14H2,1-2H3,(H,15,16,17). The highest BCUT2D eigenvalue weighted by atomic mass is 32.1. The van der Waals surface area contributed by atoms with Crippen molar-refractivity contribution in [3.8, 4) is 0 Å². The third kappa shape index (κ3) is 2.48. The fourth-order valence-electron chi connectivity index (χ4n) is 1.51. The van der Waals surface area contributed by atoms with Crippen molar-refractivity contribution in [2.45, 2.75) is 13.8 Å². The van der Waals surface area contributed by atoms with Gasteiger partial charge in [-0.05, 0) is 31.5 Å². The Balaban J connectivity index is 2.26. The van der Waals surface area contributed by atoms with Crippen LogP contribution < -0.4 is 11.1 Å². The summed E-state index contributed by atoms with van der Waals surface area (Å²) < 4.78 is 13.2. The fraction of sp³-hybridized carbons (Fsp3) is 0.167. The molecule has 18 heavy (non-hydrogen) atoms. The minimum atomic E-state index is -0.519. The summed E-state index contributed by atoms with van der Waals surface area (Å²) in [6.45, 7) is 3.50. The van der Waals surface area contributed by atoms with Crippen LogP contribution in [0.3, 0.4) is 0 Å². The number of amides is 1. The number of nitrogens with one attached hydrogen (secondary N) is 1. The number of aryl methyl sites for hydroxylation is 2. The predicted octanol–water partition coefficient (Wildman–Crippen LogP) is 2.73.